The van der Waals surface area contributed by atoms with Crippen LogP contribution in [0.15, 0.2) is 47.3 Å². The second-order valence-electron chi connectivity index (χ2n) is 6.02. The number of halogens is 1. The Kier molecular flexibility index (Phi) is 4.71. The van der Waals surface area contributed by atoms with Gasteiger partial charge >= 0.3 is 0 Å². The second kappa shape index (κ2) is 7.47. The molecule has 1 aliphatic rings. The Labute approximate surface area is 158 Å². The summed E-state index contributed by atoms with van der Waals surface area (Å²) < 4.78 is 24.9. The summed E-state index contributed by atoms with van der Waals surface area (Å²) in [5.74, 6) is 0.452. The normalized spacial score (nSPS) is 12.6. The lowest BCUT2D eigenvalue weighted by Gasteiger charge is -2.05. The second-order valence-corrected chi connectivity index (χ2v) is 6.02. The van der Waals surface area contributed by atoms with Gasteiger partial charge in [0.1, 0.15) is 11.3 Å². The summed E-state index contributed by atoms with van der Waals surface area (Å²) in [5, 5.41) is 10.5. The Morgan fingerprint density at radius 3 is 2.96 bits per heavy atom. The zero-order valence-corrected chi connectivity index (χ0v) is 14.6. The third-order valence-electron chi connectivity index (χ3n) is 4.13. The van der Waals surface area contributed by atoms with Crippen molar-refractivity contribution in [3.8, 4) is 11.5 Å². The van der Waals surface area contributed by atoms with E-state index in [0.29, 0.717) is 17.0 Å². The van der Waals surface area contributed by atoms with Crippen LogP contribution in [0.25, 0.3) is 17.0 Å². The van der Waals surface area contributed by atoms with Crippen molar-refractivity contribution in [1.29, 1.82) is 0 Å². The molecular weight excluding hydrogens is 367 g/mol. The van der Waals surface area contributed by atoms with E-state index in [1.807, 2.05) is 0 Å². The summed E-state index contributed by atoms with van der Waals surface area (Å²) in [7, 11) is 0. The highest BCUT2D eigenvalue weighted by atomic mass is 19.1. The number of nitrogens with zero attached hydrogens (tertiary/aromatic N) is 3. The Morgan fingerprint density at radius 2 is 2.07 bits per heavy atom. The smallest absolute Gasteiger partial charge is 0.277 e. The lowest BCUT2D eigenvalue weighted by atomic mass is 10.2. The average Bonchev–Trinajstić information content (AvgIpc) is 3.16. The van der Waals surface area contributed by atoms with Crippen LogP contribution in [0.5, 0.6) is 11.5 Å². The van der Waals surface area contributed by atoms with E-state index in [2.05, 4.69) is 15.6 Å². The number of fused-ring (bicyclic) bond motifs is 2. The number of hydrogen-bond donors (Lipinski definition) is 1. The maximum Gasteiger partial charge on any atom is 0.277 e. The van der Waals surface area contributed by atoms with Crippen molar-refractivity contribution >= 4 is 22.9 Å². The van der Waals surface area contributed by atoms with Crippen LogP contribution in [0.4, 0.5) is 4.39 Å². The lowest BCUT2D eigenvalue weighted by molar-refractivity contribution is -0.116. The molecule has 0 saturated heterocycles. The molecule has 0 bridgehead atoms. The van der Waals surface area contributed by atoms with Gasteiger partial charge in [0.05, 0.1) is 11.9 Å². The zero-order chi connectivity index (χ0) is 19.5. The topological polar surface area (TPSA) is 95.3 Å². The van der Waals surface area contributed by atoms with Crippen LogP contribution in [-0.2, 0) is 11.3 Å². The van der Waals surface area contributed by atoms with Crippen molar-refractivity contribution in [2.45, 2.75) is 6.54 Å². The molecule has 0 unspecified atom stereocenters. The number of ether oxygens (including phenoxy) is 2. The molecule has 0 saturated carbocycles. The standard InChI is InChI=1S/C19H15FN4O4/c20-13-3-4-15-14(10-13)19(26)24(23-22-15)8-7-21-18(25)6-2-12-1-5-16-17(9-12)28-11-27-16/h1-6,9-10H,7-8,11H2,(H,21,25)/b6-2-. The van der Waals surface area contributed by atoms with Gasteiger partial charge in [-0.15, -0.1) is 5.10 Å². The van der Waals surface area contributed by atoms with Gasteiger partial charge in [0.25, 0.3) is 5.56 Å². The van der Waals surface area contributed by atoms with Crippen molar-refractivity contribution in [3.05, 3.63) is 64.2 Å². The van der Waals surface area contributed by atoms with Crippen LogP contribution in [0.1, 0.15) is 5.56 Å². The summed E-state index contributed by atoms with van der Waals surface area (Å²) in [6.07, 6.45) is 3.02. The highest BCUT2D eigenvalue weighted by Crippen LogP contribution is 2.32. The molecule has 9 heteroatoms. The van der Waals surface area contributed by atoms with Gasteiger partial charge < -0.3 is 14.8 Å². The molecule has 8 nitrogen and oxygen atoms in total. The van der Waals surface area contributed by atoms with E-state index in [1.54, 1.807) is 24.3 Å². The summed E-state index contributed by atoms with van der Waals surface area (Å²) in [4.78, 5) is 24.3. The van der Waals surface area contributed by atoms with Gasteiger partial charge in [-0.3, -0.25) is 9.59 Å². The molecule has 28 heavy (non-hydrogen) atoms. The van der Waals surface area contributed by atoms with Gasteiger partial charge in [-0.05, 0) is 42.0 Å². The number of nitrogens with one attached hydrogen (secondary N) is 1. The molecule has 3 aromatic rings. The molecule has 1 aliphatic heterocycles. The quantitative estimate of drug-likeness (QED) is 0.672. The number of rotatable bonds is 5. The van der Waals surface area contributed by atoms with E-state index in [-0.39, 0.29) is 31.2 Å². The van der Waals surface area contributed by atoms with E-state index < -0.39 is 11.4 Å². The number of carbonyl (C=O) groups excluding carboxylic acids is 1. The van der Waals surface area contributed by atoms with Crippen molar-refractivity contribution in [2.24, 2.45) is 0 Å². The minimum atomic E-state index is -0.522. The average molecular weight is 382 g/mol. The number of hydrogen-bond acceptors (Lipinski definition) is 6. The minimum Gasteiger partial charge on any atom is -0.454 e. The van der Waals surface area contributed by atoms with Gasteiger partial charge in [0, 0.05) is 12.6 Å². The van der Waals surface area contributed by atoms with Crippen molar-refractivity contribution in [2.75, 3.05) is 13.3 Å². The van der Waals surface area contributed by atoms with E-state index in [1.165, 1.54) is 18.2 Å². The van der Waals surface area contributed by atoms with Gasteiger partial charge in [0.15, 0.2) is 11.5 Å². The summed E-state index contributed by atoms with van der Waals surface area (Å²) >= 11 is 0. The molecule has 2 aromatic carbocycles. The molecular formula is C19H15FN4O4. The maximum atomic E-state index is 13.3. The van der Waals surface area contributed by atoms with Gasteiger partial charge in [-0.2, -0.15) is 0 Å². The van der Waals surface area contributed by atoms with Crippen LogP contribution >= 0.6 is 0 Å². The predicted octanol–water partition coefficient (Wildman–Crippen LogP) is 1.49. The molecule has 0 aliphatic carbocycles. The monoisotopic (exact) mass is 382 g/mol. The highest BCUT2D eigenvalue weighted by Gasteiger charge is 2.12. The summed E-state index contributed by atoms with van der Waals surface area (Å²) in [5.41, 5.74) is 0.644. The van der Waals surface area contributed by atoms with E-state index in [9.17, 15) is 14.0 Å². The molecule has 0 radical (unpaired) electrons. The molecule has 0 atom stereocenters. The minimum absolute atomic E-state index is 0.113. The largest absolute Gasteiger partial charge is 0.454 e. The fourth-order valence-electron chi connectivity index (χ4n) is 2.73. The Hall–Kier alpha value is -3.75. The van der Waals surface area contributed by atoms with Crippen LogP contribution in [0.2, 0.25) is 0 Å². The first-order valence-corrected chi connectivity index (χ1v) is 8.49. The predicted molar refractivity (Wildman–Crippen MR) is 98.4 cm³/mol. The number of carbonyl (C=O) groups is 1. The molecule has 0 fully saturated rings. The van der Waals surface area contributed by atoms with Crippen molar-refractivity contribution in [3.63, 3.8) is 0 Å². The Bertz CT molecular complexity index is 1140. The van der Waals surface area contributed by atoms with Crippen molar-refractivity contribution in [1.82, 2.24) is 20.3 Å². The summed E-state index contributed by atoms with van der Waals surface area (Å²) in [6.45, 7) is 0.467. The van der Waals surface area contributed by atoms with Crippen LogP contribution < -0.4 is 20.3 Å². The SMILES string of the molecule is O=C(/C=C\c1ccc2c(c1)OCO2)NCCn1nnc2ccc(F)cc2c1=O. The number of aromatic nitrogens is 3. The lowest BCUT2D eigenvalue weighted by Crippen LogP contribution is -2.31. The number of amides is 1. The van der Waals surface area contributed by atoms with Gasteiger partial charge in [-0.25, -0.2) is 9.07 Å². The first-order valence-electron chi connectivity index (χ1n) is 8.49. The first kappa shape index (κ1) is 17.7. The van der Waals surface area contributed by atoms with E-state index in [0.717, 1.165) is 16.3 Å². The molecule has 1 N–H and O–H groups in total. The first-order chi connectivity index (χ1) is 13.6. The van der Waals surface area contributed by atoms with Gasteiger partial charge in [0.2, 0.25) is 12.7 Å². The van der Waals surface area contributed by atoms with E-state index in [4.69, 9.17) is 9.47 Å². The molecule has 4 rings (SSSR count). The fourth-order valence-corrected chi connectivity index (χ4v) is 2.73. The third kappa shape index (κ3) is 3.68. The van der Waals surface area contributed by atoms with Crippen LogP contribution in [0, 0.1) is 5.82 Å². The molecule has 0 spiro atoms. The highest BCUT2D eigenvalue weighted by molar-refractivity contribution is 5.91. The fraction of sp³-hybridized carbons (Fsp3) is 0.158. The Balaban J connectivity index is 1.36. The van der Waals surface area contributed by atoms with Gasteiger partial charge in [-0.1, -0.05) is 11.3 Å². The molecule has 2 heterocycles. The molecule has 1 aromatic heterocycles. The van der Waals surface area contributed by atoms with Crippen LogP contribution in [0.3, 0.4) is 0 Å². The summed E-state index contributed by atoms with van der Waals surface area (Å²) in [6, 6.07) is 9.08. The van der Waals surface area contributed by atoms with E-state index >= 15 is 0 Å². The molecule has 1 amide bonds. The van der Waals surface area contributed by atoms with Crippen molar-refractivity contribution < 1.29 is 18.7 Å². The number of benzene rings is 2. The zero-order valence-electron chi connectivity index (χ0n) is 14.6. The third-order valence-corrected chi connectivity index (χ3v) is 4.13. The maximum absolute atomic E-state index is 13.3. The Morgan fingerprint density at radius 1 is 1.21 bits per heavy atom. The van der Waals surface area contributed by atoms with Crippen LogP contribution in [-0.4, -0.2) is 34.2 Å². The molecule has 142 valence electrons.